The third-order valence-corrected chi connectivity index (χ3v) is 5.39. The van der Waals surface area contributed by atoms with E-state index in [0.717, 1.165) is 50.5 Å². The number of aromatic amines is 2. The van der Waals surface area contributed by atoms with Crippen molar-refractivity contribution in [1.29, 1.82) is 0 Å². The van der Waals surface area contributed by atoms with Crippen molar-refractivity contribution in [2.75, 3.05) is 5.32 Å². The Hall–Kier alpha value is -3.93. The average molecular weight is 425 g/mol. The van der Waals surface area contributed by atoms with Gasteiger partial charge in [-0.1, -0.05) is 44.7 Å². The van der Waals surface area contributed by atoms with Crippen LogP contribution in [-0.2, 0) is 0 Å². The minimum Gasteiger partial charge on any atom is -0.358 e. The molecule has 0 unspecified atom stereocenters. The van der Waals surface area contributed by atoms with E-state index < -0.39 is 0 Å². The summed E-state index contributed by atoms with van der Waals surface area (Å²) < 4.78 is 0. The number of hydrogen-bond acceptors (Lipinski definition) is 4. The summed E-state index contributed by atoms with van der Waals surface area (Å²) in [4.78, 5) is 12.4. The zero-order valence-electron chi connectivity index (χ0n) is 18.9. The highest BCUT2D eigenvalue weighted by molar-refractivity contribution is 5.93. The molecule has 0 aliphatic rings. The van der Waals surface area contributed by atoms with Crippen molar-refractivity contribution in [2.45, 2.75) is 27.7 Å². The lowest BCUT2D eigenvalue weighted by atomic mass is 10.1. The van der Waals surface area contributed by atoms with Gasteiger partial charge in [-0.3, -0.25) is 10.1 Å². The van der Waals surface area contributed by atoms with E-state index in [0.29, 0.717) is 11.6 Å². The number of anilines is 1. The average Bonchev–Trinajstić information content (AvgIpc) is 3.36. The van der Waals surface area contributed by atoms with E-state index in [1.807, 2.05) is 37.5 Å². The zero-order valence-corrected chi connectivity index (χ0v) is 18.9. The molecule has 0 spiro atoms. The van der Waals surface area contributed by atoms with Gasteiger partial charge >= 0.3 is 0 Å². The van der Waals surface area contributed by atoms with Gasteiger partial charge in [-0.15, -0.1) is 0 Å². The Balaban J connectivity index is 1.70. The number of aryl methyl sites for hydroxylation is 1. The van der Waals surface area contributed by atoms with Crippen molar-refractivity contribution in [3.63, 3.8) is 0 Å². The van der Waals surface area contributed by atoms with E-state index >= 15 is 0 Å². The first-order valence-corrected chi connectivity index (χ1v) is 10.7. The molecule has 3 N–H and O–H groups in total. The molecular weight excluding hydrogens is 396 g/mol. The molecule has 6 heteroatoms. The molecule has 0 saturated carbocycles. The second-order valence-electron chi connectivity index (χ2n) is 8.11. The summed E-state index contributed by atoms with van der Waals surface area (Å²) in [6, 6.07) is 6.29. The molecule has 4 rings (SSSR count). The molecule has 0 bridgehead atoms. The highest BCUT2D eigenvalue weighted by atomic mass is 15.2. The van der Waals surface area contributed by atoms with Crippen LogP contribution in [-0.4, -0.2) is 25.1 Å². The van der Waals surface area contributed by atoms with E-state index in [1.54, 1.807) is 6.20 Å². The van der Waals surface area contributed by atoms with Crippen molar-refractivity contribution in [1.82, 2.24) is 25.1 Å². The molecule has 0 atom stereocenters. The number of allylic oxidation sites excluding steroid dienone is 4. The Morgan fingerprint density at radius 1 is 1.09 bits per heavy atom. The van der Waals surface area contributed by atoms with Crippen LogP contribution in [0.5, 0.6) is 0 Å². The molecule has 6 nitrogen and oxygen atoms in total. The molecule has 0 aliphatic heterocycles. The zero-order chi connectivity index (χ0) is 22.7. The van der Waals surface area contributed by atoms with Crippen LogP contribution in [0.4, 0.5) is 5.69 Å². The normalized spacial score (nSPS) is 11.9. The van der Waals surface area contributed by atoms with Gasteiger partial charge < -0.3 is 10.3 Å². The molecule has 0 radical (unpaired) electrons. The number of H-pyrrole nitrogens is 2. The van der Waals surface area contributed by atoms with E-state index in [2.05, 4.69) is 82.1 Å². The summed E-state index contributed by atoms with van der Waals surface area (Å²) in [6.45, 7) is 12.4. The predicted octanol–water partition coefficient (Wildman–Crippen LogP) is 6.49. The van der Waals surface area contributed by atoms with Crippen LogP contribution in [0, 0.1) is 12.8 Å². The number of rotatable bonds is 7. The van der Waals surface area contributed by atoms with Gasteiger partial charge in [0.2, 0.25) is 0 Å². The van der Waals surface area contributed by atoms with Crippen molar-refractivity contribution in [3.8, 4) is 22.5 Å². The number of nitrogens with zero attached hydrogens (tertiary/aromatic N) is 3. The number of aromatic nitrogens is 5. The standard InChI is InChI=1S/C26H28N6/c1-6-7-8-9-19-12-24(30-18(19)5)25-23-11-21(14-28-26(23)32-31-25)20-10-22(15-27-13-20)29-17(4)16(2)3/h6-16,29-30H,4H2,1-3,5H3,(H,28,31,32)/b7-6-,9-8-. The maximum absolute atomic E-state index is 4.57. The van der Waals surface area contributed by atoms with Gasteiger partial charge in [-0.25, -0.2) is 4.98 Å². The maximum Gasteiger partial charge on any atom is 0.181 e. The summed E-state index contributed by atoms with van der Waals surface area (Å²) >= 11 is 0. The third kappa shape index (κ3) is 4.39. The van der Waals surface area contributed by atoms with Crippen LogP contribution in [0.3, 0.4) is 0 Å². The number of nitrogens with one attached hydrogen (secondary N) is 3. The fourth-order valence-corrected chi connectivity index (χ4v) is 3.41. The van der Waals surface area contributed by atoms with Crippen LogP contribution in [0.15, 0.2) is 67.3 Å². The van der Waals surface area contributed by atoms with E-state index in [4.69, 9.17) is 0 Å². The van der Waals surface area contributed by atoms with Gasteiger partial charge in [0.25, 0.3) is 0 Å². The Labute approximate surface area is 188 Å². The summed E-state index contributed by atoms with van der Waals surface area (Å²) in [5, 5.41) is 11.8. The molecule has 0 amide bonds. The molecule has 4 aromatic rings. The van der Waals surface area contributed by atoms with Crippen LogP contribution < -0.4 is 5.32 Å². The summed E-state index contributed by atoms with van der Waals surface area (Å²) in [5.41, 5.74) is 8.62. The lowest BCUT2D eigenvalue weighted by Crippen LogP contribution is -2.04. The fourth-order valence-electron chi connectivity index (χ4n) is 3.41. The van der Waals surface area contributed by atoms with Gasteiger partial charge in [0, 0.05) is 40.3 Å². The highest BCUT2D eigenvalue weighted by Gasteiger charge is 2.14. The molecule has 4 heterocycles. The van der Waals surface area contributed by atoms with Crippen LogP contribution >= 0.6 is 0 Å². The lowest BCUT2D eigenvalue weighted by Gasteiger charge is -2.13. The van der Waals surface area contributed by atoms with Crippen LogP contribution in [0.25, 0.3) is 39.6 Å². The minimum absolute atomic E-state index is 0.340. The van der Waals surface area contributed by atoms with Crippen molar-refractivity contribution in [2.24, 2.45) is 5.92 Å². The first-order chi connectivity index (χ1) is 15.5. The third-order valence-electron chi connectivity index (χ3n) is 5.39. The van der Waals surface area contributed by atoms with Gasteiger partial charge in [-0.2, -0.15) is 5.10 Å². The van der Waals surface area contributed by atoms with Crippen molar-refractivity contribution < 1.29 is 0 Å². The molecule has 32 heavy (non-hydrogen) atoms. The Bertz CT molecular complexity index is 1320. The molecule has 0 aromatic carbocycles. The van der Waals surface area contributed by atoms with Crippen LogP contribution in [0.1, 0.15) is 32.0 Å². The fraction of sp³-hybridized carbons (Fsp3) is 0.192. The molecule has 0 fully saturated rings. The molecule has 4 aromatic heterocycles. The van der Waals surface area contributed by atoms with E-state index in [-0.39, 0.29) is 0 Å². The minimum atomic E-state index is 0.340. The number of hydrogen-bond donors (Lipinski definition) is 3. The number of fused-ring (bicyclic) bond motifs is 1. The van der Waals surface area contributed by atoms with Gasteiger partial charge in [0.1, 0.15) is 0 Å². The summed E-state index contributed by atoms with van der Waals surface area (Å²) in [6.07, 6.45) is 13.6. The molecule has 0 saturated heterocycles. The lowest BCUT2D eigenvalue weighted by molar-refractivity contribution is 0.778. The first kappa shape index (κ1) is 21.3. The first-order valence-electron chi connectivity index (χ1n) is 10.7. The maximum atomic E-state index is 4.57. The molecule has 162 valence electrons. The second-order valence-corrected chi connectivity index (χ2v) is 8.11. The SMILES string of the molecule is C=C(Nc1cncc(-c2cnc3n[nH]c(-c4cc(/C=C\C=C/C)c(C)[nH]4)c3c2)c1)C(C)C. The topological polar surface area (TPSA) is 82.3 Å². The summed E-state index contributed by atoms with van der Waals surface area (Å²) in [5.74, 6) is 0.340. The molecule has 0 aliphatic carbocycles. The Morgan fingerprint density at radius 3 is 2.69 bits per heavy atom. The monoisotopic (exact) mass is 424 g/mol. The Kier molecular flexibility index (Phi) is 6.03. The van der Waals surface area contributed by atoms with Gasteiger partial charge in [0.05, 0.1) is 23.3 Å². The van der Waals surface area contributed by atoms with E-state index in [1.165, 1.54) is 0 Å². The largest absolute Gasteiger partial charge is 0.358 e. The van der Waals surface area contributed by atoms with Gasteiger partial charge in [-0.05, 0) is 43.5 Å². The smallest absolute Gasteiger partial charge is 0.181 e. The Morgan fingerprint density at radius 2 is 1.91 bits per heavy atom. The summed E-state index contributed by atoms with van der Waals surface area (Å²) in [7, 11) is 0. The van der Waals surface area contributed by atoms with Crippen molar-refractivity contribution >= 4 is 22.8 Å². The van der Waals surface area contributed by atoms with Crippen molar-refractivity contribution in [3.05, 3.63) is 78.6 Å². The van der Waals surface area contributed by atoms with Gasteiger partial charge in [0.15, 0.2) is 5.65 Å². The quantitative estimate of drug-likeness (QED) is 0.296. The van der Waals surface area contributed by atoms with Crippen LogP contribution in [0.2, 0.25) is 0 Å². The second kappa shape index (κ2) is 9.06. The number of pyridine rings is 2. The van der Waals surface area contributed by atoms with E-state index in [9.17, 15) is 0 Å². The predicted molar refractivity (Wildman–Crippen MR) is 133 cm³/mol. The highest BCUT2D eigenvalue weighted by Crippen LogP contribution is 2.31. The molecular formula is C26H28N6.